The van der Waals surface area contributed by atoms with Crippen molar-refractivity contribution in [1.82, 2.24) is 5.32 Å². The number of aryl methyl sites for hydroxylation is 2. The molecule has 0 radical (unpaired) electrons. The first kappa shape index (κ1) is 23.3. The standard InChI is InChI=1S/C25H28N2O4S/c1-18-14-15-19(2)22(16-18)20(3)26-25(28)17-27(32(4,29)30)23-12-8-9-13-24(23)31-21-10-6-5-7-11-21/h5-16,20H,17H2,1-4H3,(H,26,28). The Balaban J connectivity index is 1.84. The molecule has 168 valence electrons. The number of amides is 1. The van der Waals surface area contributed by atoms with E-state index in [-0.39, 0.29) is 12.6 Å². The van der Waals surface area contributed by atoms with Crippen LogP contribution in [0.4, 0.5) is 5.69 Å². The molecule has 0 heterocycles. The summed E-state index contributed by atoms with van der Waals surface area (Å²) in [6, 6.07) is 21.6. The molecule has 0 saturated carbocycles. The monoisotopic (exact) mass is 452 g/mol. The Bertz CT molecular complexity index is 1190. The molecule has 3 aromatic rings. The van der Waals surface area contributed by atoms with Crippen molar-refractivity contribution < 1.29 is 17.9 Å². The van der Waals surface area contributed by atoms with E-state index in [4.69, 9.17) is 4.74 Å². The molecule has 0 aliphatic carbocycles. The molecular formula is C25H28N2O4S. The van der Waals surface area contributed by atoms with Gasteiger partial charge in [0.25, 0.3) is 0 Å². The van der Waals surface area contributed by atoms with Crippen LogP contribution in [0.2, 0.25) is 0 Å². The van der Waals surface area contributed by atoms with E-state index in [0.29, 0.717) is 17.2 Å². The summed E-state index contributed by atoms with van der Waals surface area (Å²) in [5, 5.41) is 2.92. The number of anilines is 1. The quantitative estimate of drug-likeness (QED) is 0.536. The van der Waals surface area contributed by atoms with Gasteiger partial charge >= 0.3 is 0 Å². The first-order valence-corrected chi connectivity index (χ1v) is 12.2. The van der Waals surface area contributed by atoms with Gasteiger partial charge in [0, 0.05) is 0 Å². The van der Waals surface area contributed by atoms with Crippen LogP contribution in [0.1, 0.15) is 29.7 Å². The van der Waals surface area contributed by atoms with Crippen LogP contribution in [-0.4, -0.2) is 27.1 Å². The minimum Gasteiger partial charge on any atom is -0.455 e. The fourth-order valence-corrected chi connectivity index (χ4v) is 4.33. The number of hydrogen-bond donors (Lipinski definition) is 1. The number of sulfonamides is 1. The third kappa shape index (κ3) is 5.88. The number of rotatable bonds is 8. The van der Waals surface area contributed by atoms with Crippen LogP contribution < -0.4 is 14.4 Å². The fraction of sp³-hybridized carbons (Fsp3) is 0.240. The van der Waals surface area contributed by atoms with E-state index >= 15 is 0 Å². The first-order valence-electron chi connectivity index (χ1n) is 10.3. The number of hydrogen-bond acceptors (Lipinski definition) is 4. The van der Waals surface area contributed by atoms with Gasteiger partial charge in [-0.3, -0.25) is 9.10 Å². The van der Waals surface area contributed by atoms with E-state index in [1.54, 1.807) is 36.4 Å². The van der Waals surface area contributed by atoms with Crippen LogP contribution in [0.5, 0.6) is 11.5 Å². The molecule has 3 aromatic carbocycles. The van der Waals surface area contributed by atoms with Gasteiger partial charge in [-0.15, -0.1) is 0 Å². The van der Waals surface area contributed by atoms with Crippen LogP contribution in [0.25, 0.3) is 0 Å². The highest BCUT2D eigenvalue weighted by molar-refractivity contribution is 7.92. The highest BCUT2D eigenvalue weighted by Gasteiger charge is 2.25. The van der Waals surface area contributed by atoms with Crippen molar-refractivity contribution in [1.29, 1.82) is 0 Å². The Morgan fingerprint density at radius 3 is 2.34 bits per heavy atom. The van der Waals surface area contributed by atoms with E-state index in [1.807, 2.05) is 57.2 Å². The summed E-state index contributed by atoms with van der Waals surface area (Å²) >= 11 is 0. The molecular weight excluding hydrogens is 424 g/mol. The lowest BCUT2D eigenvalue weighted by Crippen LogP contribution is -2.41. The zero-order valence-electron chi connectivity index (χ0n) is 18.7. The number of ether oxygens (including phenoxy) is 1. The molecule has 0 spiro atoms. The summed E-state index contributed by atoms with van der Waals surface area (Å²) in [7, 11) is -3.75. The van der Waals surface area contributed by atoms with Crippen LogP contribution in [0.15, 0.2) is 72.8 Å². The van der Waals surface area contributed by atoms with Gasteiger partial charge in [0.2, 0.25) is 15.9 Å². The molecule has 1 N–H and O–H groups in total. The minimum atomic E-state index is -3.75. The van der Waals surface area contributed by atoms with Gasteiger partial charge < -0.3 is 10.1 Å². The largest absolute Gasteiger partial charge is 0.455 e. The van der Waals surface area contributed by atoms with Gasteiger partial charge in [0.15, 0.2) is 5.75 Å². The summed E-state index contributed by atoms with van der Waals surface area (Å²) in [5.41, 5.74) is 3.45. The highest BCUT2D eigenvalue weighted by Crippen LogP contribution is 2.33. The lowest BCUT2D eigenvalue weighted by Gasteiger charge is -2.25. The lowest BCUT2D eigenvalue weighted by molar-refractivity contribution is -0.120. The maximum absolute atomic E-state index is 12.9. The molecule has 3 rings (SSSR count). The number of benzene rings is 3. The number of carbonyl (C=O) groups excluding carboxylic acids is 1. The van der Waals surface area contributed by atoms with Crippen molar-refractivity contribution >= 4 is 21.6 Å². The fourth-order valence-electron chi connectivity index (χ4n) is 3.47. The summed E-state index contributed by atoms with van der Waals surface area (Å²) < 4.78 is 32.2. The maximum atomic E-state index is 12.9. The molecule has 7 heteroatoms. The molecule has 32 heavy (non-hydrogen) atoms. The van der Waals surface area contributed by atoms with Crippen molar-refractivity contribution in [3.63, 3.8) is 0 Å². The predicted molar refractivity (Wildman–Crippen MR) is 128 cm³/mol. The average Bonchev–Trinajstić information content (AvgIpc) is 2.74. The summed E-state index contributed by atoms with van der Waals surface area (Å²) in [4.78, 5) is 12.9. The Morgan fingerprint density at radius 1 is 1.00 bits per heavy atom. The SMILES string of the molecule is Cc1ccc(C)c(C(C)NC(=O)CN(c2ccccc2Oc2ccccc2)S(C)(=O)=O)c1. The maximum Gasteiger partial charge on any atom is 0.241 e. The Labute approximate surface area is 189 Å². The predicted octanol–water partition coefficient (Wildman–Crippen LogP) is 4.74. The topological polar surface area (TPSA) is 75.7 Å². The summed E-state index contributed by atoms with van der Waals surface area (Å²) in [6.07, 6.45) is 1.08. The van der Waals surface area contributed by atoms with Crippen LogP contribution in [-0.2, 0) is 14.8 Å². The normalized spacial score (nSPS) is 12.1. The molecule has 1 atom stereocenters. The van der Waals surface area contributed by atoms with Gasteiger partial charge in [-0.05, 0) is 56.2 Å². The molecule has 0 aliphatic rings. The molecule has 1 unspecified atom stereocenters. The van der Waals surface area contributed by atoms with Gasteiger partial charge in [0.1, 0.15) is 12.3 Å². The summed E-state index contributed by atoms with van der Waals surface area (Å²) in [5.74, 6) is 0.513. The van der Waals surface area contributed by atoms with Crippen LogP contribution in [0.3, 0.4) is 0 Å². The van der Waals surface area contributed by atoms with Gasteiger partial charge in [0.05, 0.1) is 18.0 Å². The summed E-state index contributed by atoms with van der Waals surface area (Å²) in [6.45, 7) is 5.50. The van der Waals surface area contributed by atoms with Crippen LogP contribution >= 0.6 is 0 Å². The first-order chi connectivity index (χ1) is 15.1. The van der Waals surface area contributed by atoms with Crippen molar-refractivity contribution in [2.24, 2.45) is 0 Å². The third-order valence-electron chi connectivity index (χ3n) is 5.07. The molecule has 0 saturated heterocycles. The zero-order valence-corrected chi connectivity index (χ0v) is 19.5. The third-order valence-corrected chi connectivity index (χ3v) is 6.20. The van der Waals surface area contributed by atoms with Gasteiger partial charge in [-0.2, -0.15) is 0 Å². The van der Waals surface area contributed by atoms with Gasteiger partial charge in [-0.25, -0.2) is 8.42 Å². The van der Waals surface area contributed by atoms with E-state index in [2.05, 4.69) is 5.32 Å². The minimum absolute atomic E-state index is 0.264. The second kappa shape index (κ2) is 9.87. The van der Waals surface area contributed by atoms with Crippen molar-refractivity contribution in [3.05, 3.63) is 89.5 Å². The Morgan fingerprint density at radius 2 is 1.66 bits per heavy atom. The molecule has 0 aliphatic heterocycles. The number of nitrogens with one attached hydrogen (secondary N) is 1. The zero-order chi connectivity index (χ0) is 23.3. The molecule has 1 amide bonds. The van der Waals surface area contributed by atoms with Crippen molar-refractivity contribution in [2.45, 2.75) is 26.8 Å². The van der Waals surface area contributed by atoms with Crippen molar-refractivity contribution in [2.75, 3.05) is 17.1 Å². The molecule has 0 aromatic heterocycles. The van der Waals surface area contributed by atoms with E-state index in [0.717, 1.165) is 27.3 Å². The van der Waals surface area contributed by atoms with E-state index < -0.39 is 15.9 Å². The molecule has 0 fully saturated rings. The van der Waals surface area contributed by atoms with Crippen molar-refractivity contribution in [3.8, 4) is 11.5 Å². The lowest BCUT2D eigenvalue weighted by atomic mass is 10.00. The second-order valence-corrected chi connectivity index (χ2v) is 9.71. The van der Waals surface area contributed by atoms with E-state index in [9.17, 15) is 13.2 Å². The Hall–Kier alpha value is -3.32. The number of para-hydroxylation sites is 3. The highest BCUT2D eigenvalue weighted by atomic mass is 32.2. The number of nitrogens with zero attached hydrogens (tertiary/aromatic N) is 1. The van der Waals surface area contributed by atoms with E-state index in [1.165, 1.54) is 0 Å². The van der Waals surface area contributed by atoms with Crippen LogP contribution in [0, 0.1) is 13.8 Å². The number of carbonyl (C=O) groups is 1. The average molecular weight is 453 g/mol. The molecule has 6 nitrogen and oxygen atoms in total. The second-order valence-electron chi connectivity index (χ2n) is 7.80. The molecule has 0 bridgehead atoms. The smallest absolute Gasteiger partial charge is 0.241 e. The Kier molecular flexibility index (Phi) is 7.20. The van der Waals surface area contributed by atoms with Gasteiger partial charge in [-0.1, -0.05) is 54.1 Å².